The van der Waals surface area contributed by atoms with E-state index in [1.54, 1.807) is 49.4 Å². The summed E-state index contributed by atoms with van der Waals surface area (Å²) in [6.07, 6.45) is -0.538. The molecule has 1 heterocycles. The first-order valence-corrected chi connectivity index (χ1v) is 7.69. The van der Waals surface area contributed by atoms with Crippen molar-refractivity contribution in [3.05, 3.63) is 47.5 Å². The zero-order valence-corrected chi connectivity index (χ0v) is 13.6. The first-order chi connectivity index (χ1) is 11.5. The van der Waals surface area contributed by atoms with E-state index in [0.717, 1.165) is 0 Å². The topological polar surface area (TPSA) is 76.7 Å². The van der Waals surface area contributed by atoms with E-state index in [1.165, 1.54) is 0 Å². The average Bonchev–Trinajstić information content (AvgIpc) is 2.54. The number of halogens is 1. The lowest BCUT2D eigenvalue weighted by atomic mass is 10.2. The summed E-state index contributed by atoms with van der Waals surface area (Å²) >= 11 is 5.85. The van der Waals surface area contributed by atoms with Crippen LogP contribution in [0, 0.1) is 0 Å². The summed E-state index contributed by atoms with van der Waals surface area (Å²) in [6.45, 7) is 1.51. The Morgan fingerprint density at radius 2 is 2.17 bits per heavy atom. The van der Waals surface area contributed by atoms with E-state index in [0.29, 0.717) is 27.9 Å². The maximum Gasteiger partial charge on any atom is 0.265 e. The number of carbonyl (C=O) groups excluding carboxylic acids is 2. The Hall–Kier alpha value is -2.73. The van der Waals surface area contributed by atoms with Crippen LogP contribution >= 0.6 is 11.6 Å². The number of ether oxygens (including phenoxy) is 2. The van der Waals surface area contributed by atoms with Gasteiger partial charge in [-0.05, 0) is 43.3 Å². The summed E-state index contributed by atoms with van der Waals surface area (Å²) in [7, 11) is 0. The van der Waals surface area contributed by atoms with Crippen molar-refractivity contribution in [2.45, 2.75) is 13.0 Å². The molecule has 2 aromatic carbocycles. The monoisotopic (exact) mass is 346 g/mol. The lowest BCUT2D eigenvalue weighted by molar-refractivity contribution is -0.122. The Morgan fingerprint density at radius 3 is 2.96 bits per heavy atom. The van der Waals surface area contributed by atoms with Crippen LogP contribution in [0.1, 0.15) is 6.92 Å². The molecule has 0 radical (unpaired) electrons. The molecule has 0 saturated heterocycles. The van der Waals surface area contributed by atoms with Crippen molar-refractivity contribution in [1.29, 1.82) is 0 Å². The second kappa shape index (κ2) is 6.80. The van der Waals surface area contributed by atoms with E-state index in [2.05, 4.69) is 10.6 Å². The molecule has 1 aliphatic rings. The van der Waals surface area contributed by atoms with E-state index < -0.39 is 6.10 Å². The van der Waals surface area contributed by atoms with Crippen LogP contribution in [0.2, 0.25) is 5.02 Å². The molecule has 1 aliphatic heterocycles. The Kier molecular flexibility index (Phi) is 4.57. The first-order valence-electron chi connectivity index (χ1n) is 7.31. The number of amides is 2. The minimum Gasteiger partial charge on any atom is -0.484 e. The van der Waals surface area contributed by atoms with Gasteiger partial charge in [0, 0.05) is 10.7 Å². The molecule has 0 aliphatic carbocycles. The van der Waals surface area contributed by atoms with E-state index in [1.807, 2.05) is 0 Å². The number of nitrogens with one attached hydrogen (secondary N) is 2. The predicted molar refractivity (Wildman–Crippen MR) is 90.7 cm³/mol. The van der Waals surface area contributed by atoms with Gasteiger partial charge in [-0.1, -0.05) is 17.7 Å². The second-order valence-electron chi connectivity index (χ2n) is 5.25. The highest BCUT2D eigenvalue weighted by atomic mass is 35.5. The van der Waals surface area contributed by atoms with E-state index in [-0.39, 0.29) is 18.4 Å². The van der Waals surface area contributed by atoms with Gasteiger partial charge < -0.3 is 20.1 Å². The SMILES string of the molecule is C[C@@H]1Oc2ccc(NC(=O)COc3cccc(Cl)c3)cc2NC1=O. The molecular formula is C17H15ClN2O4. The highest BCUT2D eigenvalue weighted by molar-refractivity contribution is 6.30. The van der Waals surface area contributed by atoms with Crippen LogP contribution in [-0.2, 0) is 9.59 Å². The molecule has 0 bridgehead atoms. The average molecular weight is 347 g/mol. The number of fused-ring (bicyclic) bond motifs is 1. The summed E-state index contributed by atoms with van der Waals surface area (Å²) in [5.74, 6) is 0.523. The molecule has 24 heavy (non-hydrogen) atoms. The lowest BCUT2D eigenvalue weighted by Gasteiger charge is -2.23. The van der Waals surface area contributed by atoms with Crippen molar-refractivity contribution in [2.24, 2.45) is 0 Å². The van der Waals surface area contributed by atoms with Gasteiger partial charge in [-0.2, -0.15) is 0 Å². The van der Waals surface area contributed by atoms with Crippen LogP contribution in [0.15, 0.2) is 42.5 Å². The van der Waals surface area contributed by atoms with Crippen molar-refractivity contribution in [3.8, 4) is 11.5 Å². The first kappa shape index (κ1) is 16.1. The minimum absolute atomic E-state index is 0.155. The molecule has 2 amide bonds. The number of benzene rings is 2. The van der Waals surface area contributed by atoms with Gasteiger partial charge in [-0.3, -0.25) is 9.59 Å². The fourth-order valence-corrected chi connectivity index (χ4v) is 2.37. The molecule has 0 fully saturated rings. The molecular weight excluding hydrogens is 332 g/mol. The smallest absolute Gasteiger partial charge is 0.265 e. The van der Waals surface area contributed by atoms with Gasteiger partial charge in [-0.25, -0.2) is 0 Å². The van der Waals surface area contributed by atoms with E-state index in [4.69, 9.17) is 21.1 Å². The summed E-state index contributed by atoms with van der Waals surface area (Å²) in [6, 6.07) is 11.8. The maximum atomic E-state index is 12.0. The third kappa shape index (κ3) is 3.78. The van der Waals surface area contributed by atoms with Crippen LogP contribution in [0.5, 0.6) is 11.5 Å². The number of anilines is 2. The molecule has 0 unspecified atom stereocenters. The van der Waals surface area contributed by atoms with Gasteiger partial charge in [0.2, 0.25) is 0 Å². The molecule has 0 spiro atoms. The van der Waals surface area contributed by atoms with Gasteiger partial charge in [0.1, 0.15) is 11.5 Å². The van der Waals surface area contributed by atoms with Crippen molar-refractivity contribution in [1.82, 2.24) is 0 Å². The summed E-state index contributed by atoms with van der Waals surface area (Å²) < 4.78 is 10.8. The molecule has 0 saturated carbocycles. The van der Waals surface area contributed by atoms with Gasteiger partial charge in [0.15, 0.2) is 12.7 Å². The Balaban J connectivity index is 1.61. The molecule has 2 aromatic rings. The number of hydrogen-bond acceptors (Lipinski definition) is 4. The van der Waals surface area contributed by atoms with Crippen LogP contribution in [0.4, 0.5) is 11.4 Å². The molecule has 6 nitrogen and oxygen atoms in total. The van der Waals surface area contributed by atoms with Gasteiger partial charge in [-0.15, -0.1) is 0 Å². The normalized spacial score (nSPS) is 15.8. The van der Waals surface area contributed by atoms with Crippen molar-refractivity contribution in [3.63, 3.8) is 0 Å². The van der Waals surface area contributed by atoms with Gasteiger partial charge in [0.25, 0.3) is 11.8 Å². The number of carbonyl (C=O) groups is 2. The highest BCUT2D eigenvalue weighted by Crippen LogP contribution is 2.32. The fraction of sp³-hybridized carbons (Fsp3) is 0.176. The third-order valence-electron chi connectivity index (χ3n) is 3.36. The predicted octanol–water partition coefficient (Wildman–Crippen LogP) is 3.08. The summed E-state index contributed by atoms with van der Waals surface area (Å²) in [5, 5.41) is 5.96. The Labute approximate surface area is 143 Å². The van der Waals surface area contributed by atoms with Crippen molar-refractivity contribution in [2.75, 3.05) is 17.2 Å². The van der Waals surface area contributed by atoms with Crippen molar-refractivity contribution >= 4 is 34.8 Å². The lowest BCUT2D eigenvalue weighted by Crippen LogP contribution is -2.34. The molecule has 2 N–H and O–H groups in total. The minimum atomic E-state index is -0.538. The summed E-state index contributed by atoms with van der Waals surface area (Å²) in [4.78, 5) is 23.6. The fourth-order valence-electron chi connectivity index (χ4n) is 2.19. The third-order valence-corrected chi connectivity index (χ3v) is 3.60. The van der Waals surface area contributed by atoms with E-state index >= 15 is 0 Å². The van der Waals surface area contributed by atoms with Crippen LogP contribution < -0.4 is 20.1 Å². The molecule has 7 heteroatoms. The molecule has 1 atom stereocenters. The Bertz CT molecular complexity index is 794. The van der Waals surface area contributed by atoms with Gasteiger partial charge in [0.05, 0.1) is 5.69 Å². The number of hydrogen-bond donors (Lipinski definition) is 2. The summed E-state index contributed by atoms with van der Waals surface area (Å²) in [5.41, 5.74) is 1.05. The quantitative estimate of drug-likeness (QED) is 0.892. The molecule has 124 valence electrons. The maximum absolute atomic E-state index is 12.0. The van der Waals surface area contributed by atoms with E-state index in [9.17, 15) is 9.59 Å². The van der Waals surface area contributed by atoms with Crippen molar-refractivity contribution < 1.29 is 19.1 Å². The van der Waals surface area contributed by atoms with Crippen LogP contribution in [0.3, 0.4) is 0 Å². The largest absolute Gasteiger partial charge is 0.484 e. The van der Waals surface area contributed by atoms with Crippen LogP contribution in [0.25, 0.3) is 0 Å². The highest BCUT2D eigenvalue weighted by Gasteiger charge is 2.23. The standard InChI is InChI=1S/C17H15ClN2O4/c1-10-17(22)20-14-8-12(5-6-15(14)24-10)19-16(21)9-23-13-4-2-3-11(18)7-13/h2-8,10H,9H2,1H3,(H,19,21)(H,20,22)/t10-/m0/s1. The molecule has 3 rings (SSSR count). The van der Waals surface area contributed by atoms with Crippen LogP contribution in [-0.4, -0.2) is 24.5 Å². The second-order valence-corrected chi connectivity index (χ2v) is 5.69. The zero-order chi connectivity index (χ0) is 17.1. The Morgan fingerprint density at radius 1 is 1.33 bits per heavy atom. The zero-order valence-electron chi connectivity index (χ0n) is 12.8. The molecule has 0 aromatic heterocycles. The van der Waals surface area contributed by atoms with Gasteiger partial charge >= 0.3 is 0 Å². The number of rotatable bonds is 4.